The van der Waals surface area contributed by atoms with E-state index in [9.17, 15) is 4.79 Å². The van der Waals surface area contributed by atoms with E-state index >= 15 is 0 Å². The van der Waals surface area contributed by atoms with E-state index in [4.69, 9.17) is 19.0 Å². The van der Waals surface area contributed by atoms with Gasteiger partial charge in [-0.25, -0.2) is 4.79 Å². The average molecular weight is 260 g/mol. The summed E-state index contributed by atoms with van der Waals surface area (Å²) in [6.07, 6.45) is -0.298. The van der Waals surface area contributed by atoms with Crippen LogP contribution in [-0.4, -0.2) is 36.3 Å². The summed E-state index contributed by atoms with van der Waals surface area (Å²) in [6.45, 7) is 4.94. The second-order valence-electron chi connectivity index (χ2n) is 3.08. The molecule has 1 aromatic rings. The third-order valence-corrected chi connectivity index (χ3v) is 2.80. The maximum absolute atomic E-state index is 10.6. The molecule has 1 rings (SSSR count). The van der Waals surface area contributed by atoms with Crippen LogP contribution in [0.2, 0.25) is 0 Å². The number of carboxylic acids is 1. The summed E-state index contributed by atoms with van der Waals surface area (Å²) in [5.41, 5.74) is 0. The van der Waals surface area contributed by atoms with Gasteiger partial charge in [-0.2, -0.15) is 0 Å². The largest absolute Gasteiger partial charge is 0.475 e. The minimum Gasteiger partial charge on any atom is -0.475 e. The van der Waals surface area contributed by atoms with Crippen LogP contribution in [0.5, 0.6) is 0 Å². The molecule has 96 valence electrons. The highest BCUT2D eigenvalue weighted by Gasteiger charge is 2.13. The fourth-order valence-electron chi connectivity index (χ4n) is 1.18. The van der Waals surface area contributed by atoms with Gasteiger partial charge in [0.1, 0.15) is 0 Å². The lowest BCUT2D eigenvalue weighted by Gasteiger charge is -2.15. The van der Waals surface area contributed by atoms with E-state index in [1.165, 1.54) is 17.8 Å². The van der Waals surface area contributed by atoms with Crippen molar-refractivity contribution in [1.82, 2.24) is 0 Å². The van der Waals surface area contributed by atoms with Gasteiger partial charge in [0.25, 0.3) is 0 Å². The summed E-state index contributed by atoms with van der Waals surface area (Å²) < 4.78 is 15.8. The van der Waals surface area contributed by atoms with Gasteiger partial charge in [0.15, 0.2) is 11.4 Å². The van der Waals surface area contributed by atoms with E-state index < -0.39 is 5.97 Å². The van der Waals surface area contributed by atoms with Crippen molar-refractivity contribution in [2.45, 2.75) is 25.2 Å². The van der Waals surface area contributed by atoms with Crippen LogP contribution < -0.4 is 0 Å². The lowest BCUT2D eigenvalue weighted by Crippen LogP contribution is -2.19. The first kappa shape index (κ1) is 14.1. The standard InChI is InChI=1S/C11H16O5S/c1-3-14-9(15-4-2)7-17-10-6-5-8(16-10)11(12)13/h5-6,9H,3-4,7H2,1-2H3,(H,12,13). The Hall–Kier alpha value is -0.980. The Bertz CT molecular complexity index is 343. The highest BCUT2D eigenvalue weighted by Crippen LogP contribution is 2.22. The Kier molecular flexibility index (Phi) is 6.10. The maximum atomic E-state index is 10.6. The molecule has 0 saturated heterocycles. The van der Waals surface area contributed by atoms with Gasteiger partial charge in [-0.05, 0) is 26.0 Å². The number of aromatic carboxylic acids is 1. The van der Waals surface area contributed by atoms with E-state index in [-0.39, 0.29) is 12.1 Å². The number of carboxylic acid groups (broad SMARTS) is 1. The number of furan rings is 1. The Balaban J connectivity index is 2.44. The van der Waals surface area contributed by atoms with Crippen molar-refractivity contribution >= 4 is 17.7 Å². The van der Waals surface area contributed by atoms with E-state index in [1.54, 1.807) is 6.07 Å². The summed E-state index contributed by atoms with van der Waals surface area (Å²) >= 11 is 1.37. The second kappa shape index (κ2) is 7.37. The van der Waals surface area contributed by atoms with Gasteiger partial charge in [-0.1, -0.05) is 11.8 Å². The molecular weight excluding hydrogens is 244 g/mol. The predicted molar refractivity (Wildman–Crippen MR) is 63.4 cm³/mol. The second-order valence-corrected chi connectivity index (χ2v) is 4.10. The zero-order valence-corrected chi connectivity index (χ0v) is 10.7. The van der Waals surface area contributed by atoms with Gasteiger partial charge in [0, 0.05) is 13.2 Å². The quantitative estimate of drug-likeness (QED) is 0.572. The van der Waals surface area contributed by atoms with Gasteiger partial charge in [-0.15, -0.1) is 0 Å². The molecule has 0 saturated carbocycles. The lowest BCUT2D eigenvalue weighted by molar-refractivity contribution is -0.120. The fraction of sp³-hybridized carbons (Fsp3) is 0.545. The third-order valence-electron chi connectivity index (χ3n) is 1.86. The minimum absolute atomic E-state index is 0.0585. The monoisotopic (exact) mass is 260 g/mol. The molecule has 1 aromatic heterocycles. The molecule has 0 spiro atoms. The van der Waals surface area contributed by atoms with E-state index in [0.29, 0.717) is 24.1 Å². The topological polar surface area (TPSA) is 68.9 Å². The Morgan fingerprint density at radius 2 is 2.06 bits per heavy atom. The normalized spacial score (nSPS) is 11.0. The highest BCUT2D eigenvalue weighted by molar-refractivity contribution is 7.99. The summed E-state index contributed by atoms with van der Waals surface area (Å²) in [7, 11) is 0. The van der Waals surface area contributed by atoms with Gasteiger partial charge in [-0.3, -0.25) is 0 Å². The fourth-order valence-corrected chi connectivity index (χ4v) is 1.98. The minimum atomic E-state index is -1.07. The van der Waals surface area contributed by atoms with Crippen molar-refractivity contribution in [1.29, 1.82) is 0 Å². The smallest absolute Gasteiger partial charge is 0.371 e. The van der Waals surface area contributed by atoms with Crippen LogP contribution in [0.4, 0.5) is 0 Å². The van der Waals surface area contributed by atoms with Crippen molar-refractivity contribution in [3.8, 4) is 0 Å². The van der Waals surface area contributed by atoms with Crippen LogP contribution in [0.25, 0.3) is 0 Å². The molecule has 0 fully saturated rings. The Labute approximate surface area is 104 Å². The molecule has 5 nitrogen and oxygen atoms in total. The summed E-state index contributed by atoms with van der Waals surface area (Å²) in [4.78, 5) is 10.6. The number of thioether (sulfide) groups is 1. The SMILES string of the molecule is CCOC(CSc1ccc(C(=O)O)o1)OCC. The molecule has 0 aliphatic heterocycles. The summed E-state index contributed by atoms with van der Waals surface area (Å²) in [6, 6.07) is 3.06. The molecular formula is C11H16O5S. The predicted octanol–water partition coefficient (Wildman–Crippen LogP) is 2.47. The number of carbonyl (C=O) groups is 1. The highest BCUT2D eigenvalue weighted by atomic mass is 32.2. The van der Waals surface area contributed by atoms with Crippen molar-refractivity contribution < 1.29 is 23.8 Å². The maximum Gasteiger partial charge on any atom is 0.371 e. The van der Waals surface area contributed by atoms with Gasteiger partial charge in [0.05, 0.1) is 5.75 Å². The molecule has 0 atom stereocenters. The van der Waals surface area contributed by atoms with Crippen LogP contribution in [0.15, 0.2) is 21.6 Å². The van der Waals surface area contributed by atoms with E-state index in [2.05, 4.69) is 0 Å². The molecule has 17 heavy (non-hydrogen) atoms. The lowest BCUT2D eigenvalue weighted by atomic mass is 10.5. The van der Waals surface area contributed by atoms with Crippen molar-refractivity contribution in [2.24, 2.45) is 0 Å². The number of rotatable bonds is 8. The molecule has 0 aromatic carbocycles. The van der Waals surface area contributed by atoms with Crippen LogP contribution in [0.1, 0.15) is 24.4 Å². The van der Waals surface area contributed by atoms with Gasteiger partial charge >= 0.3 is 5.97 Å². The molecule has 1 heterocycles. The van der Waals surface area contributed by atoms with Crippen molar-refractivity contribution in [2.75, 3.05) is 19.0 Å². The first-order valence-electron chi connectivity index (χ1n) is 5.36. The van der Waals surface area contributed by atoms with Crippen LogP contribution >= 0.6 is 11.8 Å². The average Bonchev–Trinajstić information content (AvgIpc) is 2.75. The zero-order chi connectivity index (χ0) is 12.7. The number of hydrogen-bond acceptors (Lipinski definition) is 5. The molecule has 6 heteroatoms. The first-order chi connectivity index (χ1) is 8.17. The van der Waals surface area contributed by atoms with Crippen LogP contribution in [-0.2, 0) is 9.47 Å². The van der Waals surface area contributed by atoms with Crippen LogP contribution in [0.3, 0.4) is 0 Å². The third kappa shape index (κ3) is 4.80. The molecule has 0 bridgehead atoms. The molecule has 1 N–H and O–H groups in total. The number of ether oxygens (including phenoxy) is 2. The van der Waals surface area contributed by atoms with Crippen molar-refractivity contribution in [3.05, 3.63) is 17.9 Å². The molecule has 0 radical (unpaired) electrons. The molecule has 0 aliphatic carbocycles. The molecule has 0 aliphatic rings. The number of hydrogen-bond donors (Lipinski definition) is 1. The Morgan fingerprint density at radius 1 is 1.41 bits per heavy atom. The van der Waals surface area contributed by atoms with Crippen LogP contribution in [0, 0.1) is 0 Å². The molecule has 0 amide bonds. The Morgan fingerprint density at radius 3 is 2.53 bits per heavy atom. The van der Waals surface area contributed by atoms with Gasteiger partial charge < -0.3 is 19.0 Å². The van der Waals surface area contributed by atoms with Gasteiger partial charge in [0.2, 0.25) is 5.76 Å². The van der Waals surface area contributed by atoms with E-state index in [1.807, 2.05) is 13.8 Å². The summed E-state index contributed by atoms with van der Waals surface area (Å²) in [5.74, 6) is -0.561. The van der Waals surface area contributed by atoms with E-state index in [0.717, 1.165) is 0 Å². The molecule has 0 unspecified atom stereocenters. The first-order valence-corrected chi connectivity index (χ1v) is 6.35. The van der Waals surface area contributed by atoms with Crippen molar-refractivity contribution in [3.63, 3.8) is 0 Å². The zero-order valence-electron chi connectivity index (χ0n) is 9.84. The summed E-state index contributed by atoms with van der Waals surface area (Å²) in [5, 5.41) is 9.24.